The van der Waals surface area contributed by atoms with Crippen LogP contribution in [0, 0.1) is 0 Å². The average Bonchev–Trinajstić information content (AvgIpc) is 3.28. The molecule has 1 N–H and O–H groups in total. The fourth-order valence-corrected chi connectivity index (χ4v) is 4.72. The van der Waals surface area contributed by atoms with E-state index in [-0.39, 0.29) is 18.0 Å². The van der Waals surface area contributed by atoms with Gasteiger partial charge in [0.1, 0.15) is 6.04 Å². The van der Waals surface area contributed by atoms with Gasteiger partial charge in [-0.15, -0.1) is 11.3 Å². The van der Waals surface area contributed by atoms with Gasteiger partial charge in [0, 0.05) is 37.0 Å². The Morgan fingerprint density at radius 1 is 1.35 bits per heavy atom. The van der Waals surface area contributed by atoms with Crippen LogP contribution in [0.4, 0.5) is 5.13 Å². The lowest BCUT2D eigenvalue weighted by Gasteiger charge is -2.37. The smallest absolute Gasteiger partial charge is 0.243 e. The third-order valence-electron chi connectivity index (χ3n) is 5.05. The number of carbonyl (C=O) groups excluding carboxylic acids is 1. The molecule has 2 saturated heterocycles. The van der Waals surface area contributed by atoms with Crippen LogP contribution in [0.25, 0.3) is 0 Å². The number of amides is 1. The van der Waals surface area contributed by atoms with E-state index in [2.05, 4.69) is 15.2 Å². The van der Waals surface area contributed by atoms with E-state index in [1.54, 1.807) is 17.5 Å². The Bertz CT molecular complexity index is 545. The molecule has 0 bridgehead atoms. The van der Waals surface area contributed by atoms with Gasteiger partial charge < -0.3 is 19.7 Å². The number of anilines is 1. The molecule has 3 heterocycles. The summed E-state index contributed by atoms with van der Waals surface area (Å²) in [6.45, 7) is 2.24. The van der Waals surface area contributed by atoms with E-state index in [0.717, 1.165) is 50.2 Å². The van der Waals surface area contributed by atoms with E-state index < -0.39 is 5.79 Å². The summed E-state index contributed by atoms with van der Waals surface area (Å²) in [6.07, 6.45) is 7.48. The number of ether oxygens (including phenoxy) is 2. The van der Waals surface area contributed by atoms with Gasteiger partial charge in [0.15, 0.2) is 10.9 Å². The van der Waals surface area contributed by atoms with Crippen molar-refractivity contribution >= 4 is 22.4 Å². The number of hydrogen-bond acceptors (Lipinski definition) is 6. The normalized spacial score (nSPS) is 30.0. The Hall–Kier alpha value is -1.18. The molecular weight excluding hydrogens is 314 g/mol. The highest BCUT2D eigenvalue weighted by Gasteiger charge is 2.42. The van der Waals surface area contributed by atoms with Crippen LogP contribution >= 0.6 is 11.3 Å². The van der Waals surface area contributed by atoms with Gasteiger partial charge in [-0.2, -0.15) is 0 Å². The van der Waals surface area contributed by atoms with Gasteiger partial charge in [0.25, 0.3) is 0 Å². The van der Waals surface area contributed by atoms with Gasteiger partial charge in [-0.1, -0.05) is 0 Å². The van der Waals surface area contributed by atoms with Gasteiger partial charge in [0.05, 0.1) is 13.2 Å². The second-order valence-corrected chi connectivity index (χ2v) is 7.45. The molecule has 0 aromatic carbocycles. The van der Waals surface area contributed by atoms with Crippen molar-refractivity contribution in [3.8, 4) is 0 Å². The van der Waals surface area contributed by atoms with E-state index in [4.69, 9.17) is 9.47 Å². The SMILES string of the molecule is O=C(N[C@H]1CCCC2(C1)OCCO2)[C@@H]1CCCN1c1nccs1. The summed E-state index contributed by atoms with van der Waals surface area (Å²) in [5, 5.41) is 6.15. The van der Waals surface area contributed by atoms with Crippen molar-refractivity contribution < 1.29 is 14.3 Å². The Labute approximate surface area is 140 Å². The Morgan fingerprint density at radius 2 is 2.22 bits per heavy atom. The maximum absolute atomic E-state index is 12.8. The summed E-state index contributed by atoms with van der Waals surface area (Å²) < 4.78 is 11.6. The van der Waals surface area contributed by atoms with E-state index in [9.17, 15) is 4.79 Å². The first-order valence-electron chi connectivity index (χ1n) is 8.50. The van der Waals surface area contributed by atoms with Crippen LogP contribution in [0.2, 0.25) is 0 Å². The first-order chi connectivity index (χ1) is 11.3. The fourth-order valence-electron chi connectivity index (χ4n) is 4.00. The monoisotopic (exact) mass is 337 g/mol. The number of carbonyl (C=O) groups is 1. The highest BCUT2D eigenvalue weighted by atomic mass is 32.1. The first-order valence-corrected chi connectivity index (χ1v) is 9.38. The first kappa shape index (κ1) is 15.4. The highest BCUT2D eigenvalue weighted by Crippen LogP contribution is 2.36. The maximum atomic E-state index is 12.8. The third kappa shape index (κ3) is 3.09. The van der Waals surface area contributed by atoms with Crippen molar-refractivity contribution in [1.29, 1.82) is 0 Å². The van der Waals surface area contributed by atoms with Crippen molar-refractivity contribution in [3.63, 3.8) is 0 Å². The van der Waals surface area contributed by atoms with Crippen LogP contribution in [-0.2, 0) is 14.3 Å². The molecule has 0 unspecified atom stereocenters. The van der Waals surface area contributed by atoms with Gasteiger partial charge in [-0.3, -0.25) is 4.79 Å². The molecule has 7 heteroatoms. The molecule has 2 atom stereocenters. The summed E-state index contributed by atoms with van der Waals surface area (Å²) in [5.74, 6) is -0.321. The zero-order valence-electron chi connectivity index (χ0n) is 13.2. The van der Waals surface area contributed by atoms with Gasteiger partial charge in [-0.05, 0) is 25.7 Å². The van der Waals surface area contributed by atoms with Crippen LogP contribution in [0.1, 0.15) is 38.5 Å². The lowest BCUT2D eigenvalue weighted by Crippen LogP contribution is -2.51. The molecule has 2 aliphatic heterocycles. The molecule has 3 aliphatic rings. The largest absolute Gasteiger partial charge is 0.351 e. The van der Waals surface area contributed by atoms with Crippen LogP contribution in [0.15, 0.2) is 11.6 Å². The standard InChI is InChI=1S/C16H23N3O3S/c20-14(13-4-2-7-19(13)15-17-6-10-23-15)18-12-3-1-5-16(11-12)21-8-9-22-16/h6,10,12-13H,1-5,7-9,11H2,(H,18,20)/t12-,13-/m0/s1. The minimum absolute atomic E-state index is 0.0931. The minimum atomic E-state index is -0.444. The number of aromatic nitrogens is 1. The summed E-state index contributed by atoms with van der Waals surface area (Å²) in [6, 6.07) is 0.0533. The van der Waals surface area contributed by atoms with Crippen LogP contribution in [0.3, 0.4) is 0 Å². The molecule has 1 aromatic rings. The maximum Gasteiger partial charge on any atom is 0.243 e. The van der Waals surface area contributed by atoms with Gasteiger partial charge >= 0.3 is 0 Å². The fraction of sp³-hybridized carbons (Fsp3) is 0.750. The van der Waals surface area contributed by atoms with Crippen molar-refractivity contribution in [3.05, 3.63) is 11.6 Å². The van der Waals surface area contributed by atoms with Crippen molar-refractivity contribution in [2.75, 3.05) is 24.7 Å². The summed E-state index contributed by atoms with van der Waals surface area (Å²) >= 11 is 1.60. The average molecular weight is 337 g/mol. The molecule has 6 nitrogen and oxygen atoms in total. The molecule has 1 amide bonds. The van der Waals surface area contributed by atoms with Crippen molar-refractivity contribution in [1.82, 2.24) is 10.3 Å². The molecule has 126 valence electrons. The quantitative estimate of drug-likeness (QED) is 0.913. The predicted molar refractivity (Wildman–Crippen MR) is 87.5 cm³/mol. The second kappa shape index (κ2) is 6.37. The molecule has 3 fully saturated rings. The molecule has 1 aromatic heterocycles. The van der Waals surface area contributed by atoms with Crippen molar-refractivity contribution in [2.45, 2.75) is 56.4 Å². The molecule has 1 aliphatic carbocycles. The van der Waals surface area contributed by atoms with Crippen molar-refractivity contribution in [2.24, 2.45) is 0 Å². The molecule has 1 saturated carbocycles. The van der Waals surface area contributed by atoms with Crippen LogP contribution in [-0.4, -0.2) is 48.5 Å². The van der Waals surface area contributed by atoms with Crippen LogP contribution in [0.5, 0.6) is 0 Å². The lowest BCUT2D eigenvalue weighted by molar-refractivity contribution is -0.182. The zero-order valence-corrected chi connectivity index (χ0v) is 14.0. The summed E-state index contributed by atoms with van der Waals surface area (Å²) in [4.78, 5) is 19.3. The highest BCUT2D eigenvalue weighted by molar-refractivity contribution is 7.13. The molecular formula is C16H23N3O3S. The number of nitrogens with zero attached hydrogens (tertiary/aromatic N) is 2. The topological polar surface area (TPSA) is 63.7 Å². The van der Waals surface area contributed by atoms with E-state index in [1.165, 1.54) is 0 Å². The van der Waals surface area contributed by atoms with Gasteiger partial charge in [0.2, 0.25) is 5.91 Å². The summed E-state index contributed by atoms with van der Waals surface area (Å²) in [5.41, 5.74) is 0. The third-order valence-corrected chi connectivity index (χ3v) is 5.86. The summed E-state index contributed by atoms with van der Waals surface area (Å²) in [7, 11) is 0. The second-order valence-electron chi connectivity index (χ2n) is 6.58. The Balaban J connectivity index is 1.39. The lowest BCUT2D eigenvalue weighted by atomic mass is 9.89. The van der Waals surface area contributed by atoms with Gasteiger partial charge in [-0.25, -0.2) is 4.98 Å². The Kier molecular flexibility index (Phi) is 4.26. The predicted octanol–water partition coefficient (Wildman–Crippen LogP) is 1.91. The van der Waals surface area contributed by atoms with E-state index >= 15 is 0 Å². The molecule has 1 spiro atoms. The van der Waals surface area contributed by atoms with Crippen LogP contribution < -0.4 is 10.2 Å². The number of nitrogens with one attached hydrogen (secondary N) is 1. The molecule has 4 rings (SSSR count). The molecule has 0 radical (unpaired) electrons. The van der Waals surface area contributed by atoms with E-state index in [0.29, 0.717) is 13.2 Å². The number of rotatable bonds is 3. The number of hydrogen-bond donors (Lipinski definition) is 1. The minimum Gasteiger partial charge on any atom is -0.351 e. The van der Waals surface area contributed by atoms with E-state index in [1.807, 2.05) is 5.38 Å². The Morgan fingerprint density at radius 3 is 3.00 bits per heavy atom. The number of thiazole rings is 1. The molecule has 23 heavy (non-hydrogen) atoms. The zero-order chi connectivity index (χ0) is 15.7.